The van der Waals surface area contributed by atoms with Crippen LogP contribution in [0.4, 0.5) is 5.69 Å². The van der Waals surface area contributed by atoms with E-state index in [-0.39, 0.29) is 0 Å². The summed E-state index contributed by atoms with van der Waals surface area (Å²) in [5.41, 5.74) is 1.20. The third kappa shape index (κ3) is 2.94. The Hall–Kier alpha value is -1.66. The van der Waals surface area contributed by atoms with E-state index in [1.54, 1.807) is 0 Å². The third-order valence-corrected chi connectivity index (χ3v) is 4.60. The predicted octanol–water partition coefficient (Wildman–Crippen LogP) is 1.98. The van der Waals surface area contributed by atoms with Crippen molar-refractivity contribution in [3.8, 4) is 0 Å². The second kappa shape index (κ2) is 5.85. The van der Waals surface area contributed by atoms with Crippen molar-refractivity contribution in [2.45, 2.75) is 25.4 Å². The molecular weight excluding hydrogens is 300 g/mol. The van der Waals surface area contributed by atoms with Gasteiger partial charge in [-0.2, -0.15) is 0 Å². The third-order valence-electron chi connectivity index (χ3n) is 4.36. The Bertz CT molecular complexity index is 645. The van der Waals surface area contributed by atoms with Crippen molar-refractivity contribution < 1.29 is 0 Å². The smallest absolute Gasteiger partial charge is 0.165 e. The monoisotopic (exact) mass is 318 g/mol. The summed E-state index contributed by atoms with van der Waals surface area (Å²) < 4.78 is 2.00. The Morgan fingerprint density at radius 3 is 2.68 bits per heavy atom. The molecule has 0 unspecified atom stereocenters. The van der Waals surface area contributed by atoms with Gasteiger partial charge < -0.3 is 4.90 Å². The minimum Gasteiger partial charge on any atom is -0.369 e. The van der Waals surface area contributed by atoms with Crippen LogP contribution >= 0.6 is 11.6 Å². The maximum absolute atomic E-state index is 6.08. The van der Waals surface area contributed by atoms with Crippen molar-refractivity contribution in [3.05, 3.63) is 35.1 Å². The lowest BCUT2D eigenvalue weighted by Gasteiger charge is -2.35. The number of anilines is 1. The molecule has 4 rings (SSSR count). The number of aromatic nitrogens is 4. The standard InChI is InChI=1S/C15H19ClN6/c16-12-2-1-3-14(10-12)21-8-6-20(7-9-21)11-15-17-18-19-22(15)13-4-5-13/h1-3,10,13H,4-9,11H2. The highest BCUT2D eigenvalue weighted by Crippen LogP contribution is 2.34. The van der Waals surface area contributed by atoms with Crippen molar-refractivity contribution in [1.29, 1.82) is 0 Å². The van der Waals surface area contributed by atoms with Crippen LogP contribution in [0, 0.1) is 0 Å². The van der Waals surface area contributed by atoms with Crippen molar-refractivity contribution in [1.82, 2.24) is 25.1 Å². The SMILES string of the molecule is Clc1cccc(N2CCN(Cc3nnnn3C3CC3)CC2)c1. The van der Waals surface area contributed by atoms with Crippen molar-refractivity contribution >= 4 is 17.3 Å². The molecule has 7 heteroatoms. The van der Waals surface area contributed by atoms with E-state index >= 15 is 0 Å². The molecule has 0 amide bonds. The molecule has 2 heterocycles. The molecular formula is C15H19ClN6. The minimum atomic E-state index is 0.540. The number of tetrazole rings is 1. The van der Waals surface area contributed by atoms with Gasteiger partial charge in [-0.15, -0.1) is 5.10 Å². The van der Waals surface area contributed by atoms with Gasteiger partial charge in [0.05, 0.1) is 12.6 Å². The molecule has 22 heavy (non-hydrogen) atoms. The number of halogens is 1. The van der Waals surface area contributed by atoms with E-state index in [4.69, 9.17) is 11.6 Å². The van der Waals surface area contributed by atoms with Gasteiger partial charge in [-0.3, -0.25) is 4.90 Å². The number of benzene rings is 1. The average molecular weight is 319 g/mol. The molecule has 0 atom stereocenters. The number of piperazine rings is 1. The Morgan fingerprint density at radius 2 is 1.95 bits per heavy atom. The first-order chi connectivity index (χ1) is 10.8. The van der Waals surface area contributed by atoms with E-state index in [1.165, 1.54) is 18.5 Å². The van der Waals surface area contributed by atoms with Gasteiger partial charge in [-0.1, -0.05) is 17.7 Å². The number of hydrogen-bond acceptors (Lipinski definition) is 5. The fourth-order valence-electron chi connectivity index (χ4n) is 2.96. The maximum atomic E-state index is 6.08. The predicted molar refractivity (Wildman–Crippen MR) is 85.0 cm³/mol. The molecule has 0 radical (unpaired) electrons. The second-order valence-corrected chi connectivity index (χ2v) is 6.45. The number of nitrogens with zero attached hydrogens (tertiary/aromatic N) is 6. The lowest BCUT2D eigenvalue weighted by atomic mass is 10.2. The lowest BCUT2D eigenvalue weighted by Crippen LogP contribution is -2.46. The van der Waals surface area contributed by atoms with E-state index in [0.29, 0.717) is 6.04 Å². The van der Waals surface area contributed by atoms with E-state index in [0.717, 1.165) is 43.6 Å². The van der Waals surface area contributed by atoms with Crippen LogP contribution < -0.4 is 4.90 Å². The summed E-state index contributed by atoms with van der Waals surface area (Å²) in [6.07, 6.45) is 2.42. The molecule has 2 aromatic rings. The van der Waals surface area contributed by atoms with Crippen LogP contribution in [0.25, 0.3) is 0 Å². The highest BCUT2D eigenvalue weighted by molar-refractivity contribution is 6.30. The van der Waals surface area contributed by atoms with Crippen LogP contribution in [0.1, 0.15) is 24.7 Å². The molecule has 1 saturated heterocycles. The summed E-state index contributed by atoms with van der Waals surface area (Å²) in [6.45, 7) is 4.89. The molecule has 1 aliphatic carbocycles. The van der Waals surface area contributed by atoms with Crippen molar-refractivity contribution in [2.24, 2.45) is 0 Å². The molecule has 2 fully saturated rings. The quantitative estimate of drug-likeness (QED) is 0.863. The fraction of sp³-hybridized carbons (Fsp3) is 0.533. The van der Waals surface area contributed by atoms with Crippen LogP contribution in [-0.4, -0.2) is 51.3 Å². The molecule has 0 spiro atoms. The highest BCUT2D eigenvalue weighted by atomic mass is 35.5. The van der Waals surface area contributed by atoms with Gasteiger partial charge in [0, 0.05) is 36.9 Å². The lowest BCUT2D eigenvalue weighted by molar-refractivity contribution is 0.239. The second-order valence-electron chi connectivity index (χ2n) is 6.01. The van der Waals surface area contributed by atoms with Crippen molar-refractivity contribution in [3.63, 3.8) is 0 Å². The maximum Gasteiger partial charge on any atom is 0.165 e. The fourth-order valence-corrected chi connectivity index (χ4v) is 3.14. The Kier molecular flexibility index (Phi) is 3.72. The number of hydrogen-bond donors (Lipinski definition) is 0. The molecule has 0 N–H and O–H groups in total. The molecule has 116 valence electrons. The van der Waals surface area contributed by atoms with Gasteiger partial charge in [-0.25, -0.2) is 4.68 Å². The van der Waals surface area contributed by atoms with E-state index in [1.807, 2.05) is 22.9 Å². The van der Waals surface area contributed by atoms with Gasteiger partial charge in [0.15, 0.2) is 5.82 Å². The van der Waals surface area contributed by atoms with Gasteiger partial charge in [-0.05, 0) is 41.5 Å². The molecule has 2 aliphatic rings. The topological polar surface area (TPSA) is 50.1 Å². The Balaban J connectivity index is 1.36. The normalized spacial score (nSPS) is 19.6. The highest BCUT2D eigenvalue weighted by Gasteiger charge is 2.28. The molecule has 1 saturated carbocycles. The summed E-state index contributed by atoms with van der Waals surface area (Å²) in [4.78, 5) is 4.80. The first-order valence-corrected chi connectivity index (χ1v) is 8.17. The summed E-state index contributed by atoms with van der Waals surface area (Å²) in [7, 11) is 0. The average Bonchev–Trinajstić information content (AvgIpc) is 3.28. The van der Waals surface area contributed by atoms with Gasteiger partial charge in [0.25, 0.3) is 0 Å². The summed E-state index contributed by atoms with van der Waals surface area (Å²) >= 11 is 6.08. The largest absolute Gasteiger partial charge is 0.369 e. The zero-order valence-electron chi connectivity index (χ0n) is 12.4. The molecule has 1 aromatic heterocycles. The first-order valence-electron chi connectivity index (χ1n) is 7.79. The first kappa shape index (κ1) is 14.0. The van der Waals surface area contributed by atoms with Crippen LogP contribution in [0.2, 0.25) is 5.02 Å². The molecule has 1 aliphatic heterocycles. The summed E-state index contributed by atoms with van der Waals surface area (Å²) in [5, 5.41) is 12.9. The van der Waals surface area contributed by atoms with E-state index in [9.17, 15) is 0 Å². The zero-order valence-corrected chi connectivity index (χ0v) is 13.2. The zero-order chi connectivity index (χ0) is 14.9. The Morgan fingerprint density at radius 1 is 1.14 bits per heavy atom. The van der Waals surface area contributed by atoms with Gasteiger partial charge in [0.2, 0.25) is 0 Å². The molecule has 0 bridgehead atoms. The number of rotatable bonds is 4. The van der Waals surface area contributed by atoms with Crippen molar-refractivity contribution in [2.75, 3.05) is 31.1 Å². The summed E-state index contributed by atoms with van der Waals surface area (Å²) in [5.74, 6) is 0.999. The minimum absolute atomic E-state index is 0.540. The van der Waals surface area contributed by atoms with Crippen LogP contribution in [-0.2, 0) is 6.54 Å². The van der Waals surface area contributed by atoms with Crippen LogP contribution in [0.5, 0.6) is 0 Å². The van der Waals surface area contributed by atoms with E-state index < -0.39 is 0 Å². The Labute approximate surface area is 134 Å². The van der Waals surface area contributed by atoms with E-state index in [2.05, 4.69) is 31.4 Å². The van der Waals surface area contributed by atoms with Gasteiger partial charge in [0.1, 0.15) is 0 Å². The molecule has 1 aromatic carbocycles. The van der Waals surface area contributed by atoms with Gasteiger partial charge >= 0.3 is 0 Å². The van der Waals surface area contributed by atoms with Crippen LogP contribution in [0.3, 0.4) is 0 Å². The van der Waals surface area contributed by atoms with Crippen LogP contribution in [0.15, 0.2) is 24.3 Å². The summed E-state index contributed by atoms with van der Waals surface area (Å²) in [6, 6.07) is 8.62. The molecule has 6 nitrogen and oxygen atoms in total.